The van der Waals surface area contributed by atoms with Crippen LogP contribution in [0.25, 0.3) is 55.2 Å². The first-order valence-electron chi connectivity index (χ1n) is 15.5. The molecule has 0 amide bonds. The van der Waals surface area contributed by atoms with Crippen LogP contribution in [0.1, 0.15) is 54.3 Å². The number of pyridine rings is 3. The van der Waals surface area contributed by atoms with Crippen molar-refractivity contribution in [1.29, 1.82) is 0 Å². The van der Waals surface area contributed by atoms with Crippen molar-refractivity contribution in [2.24, 2.45) is 5.41 Å². The summed E-state index contributed by atoms with van der Waals surface area (Å²) in [6.07, 6.45) is 6.79. The molecule has 235 valence electrons. The van der Waals surface area contributed by atoms with Crippen molar-refractivity contribution in [3.63, 3.8) is 0 Å². The summed E-state index contributed by atoms with van der Waals surface area (Å²) >= 11 is 0. The van der Waals surface area contributed by atoms with Crippen LogP contribution in [-0.4, -0.2) is 15.0 Å². The maximum atomic E-state index is 6.48. The smallest absolute Gasteiger partial charge is 0.128 e. The summed E-state index contributed by atoms with van der Waals surface area (Å²) in [5.41, 5.74) is 13.1. The molecule has 0 bridgehead atoms. The summed E-state index contributed by atoms with van der Waals surface area (Å²) in [5.74, 6) is 0. The standard InChI is InChI=1S/C27H25N2O.C14H14N.Ir/c1-16-14-29-24(12-19(16)13-27(3,4)5)22-8-6-7-20-21-10-9-18-15-28-17(2)11-23(18)26(21)30-25(20)22;1-10-4-6-13(7-5-10)14-8-11(2)12(3)9-15-14;/h6-7,9-12,14-15H,13H2,1-5H3;4-6,8-9H,1-3H3;/q2*-1;. The number of aromatic nitrogens is 3. The molecule has 0 aliphatic heterocycles. The number of hydrogen-bond acceptors (Lipinski definition) is 4. The summed E-state index contributed by atoms with van der Waals surface area (Å²) in [4.78, 5) is 13.6. The number of furan rings is 1. The van der Waals surface area contributed by atoms with Crippen LogP contribution in [0.2, 0.25) is 0 Å². The molecule has 0 aliphatic rings. The third kappa shape index (κ3) is 6.96. The number of fused-ring (bicyclic) bond motifs is 5. The fourth-order valence-electron chi connectivity index (χ4n) is 5.61. The van der Waals surface area contributed by atoms with Gasteiger partial charge in [-0.15, -0.1) is 53.6 Å². The van der Waals surface area contributed by atoms with Gasteiger partial charge in [-0.05, 0) is 68.1 Å². The molecule has 5 heteroatoms. The monoisotopic (exact) mass is 782 g/mol. The Morgan fingerprint density at radius 1 is 0.674 bits per heavy atom. The van der Waals surface area contributed by atoms with Gasteiger partial charge in [0.25, 0.3) is 0 Å². The molecule has 7 rings (SSSR count). The molecule has 0 saturated heterocycles. The van der Waals surface area contributed by atoms with Crippen LogP contribution >= 0.6 is 0 Å². The fraction of sp³-hybridized carbons (Fsp3) is 0.244. The van der Waals surface area contributed by atoms with Gasteiger partial charge in [-0.3, -0.25) is 4.98 Å². The molecule has 0 aliphatic carbocycles. The maximum Gasteiger partial charge on any atom is 0.128 e. The van der Waals surface area contributed by atoms with Gasteiger partial charge in [0.1, 0.15) is 5.58 Å². The summed E-state index contributed by atoms with van der Waals surface area (Å²) in [7, 11) is 0. The molecule has 3 aromatic carbocycles. The molecule has 4 heterocycles. The van der Waals surface area contributed by atoms with Gasteiger partial charge in [-0.25, -0.2) is 0 Å². The Balaban J connectivity index is 0.000000220. The minimum atomic E-state index is 0. The molecular formula is C41H39IrN3O-2. The van der Waals surface area contributed by atoms with Gasteiger partial charge < -0.3 is 14.4 Å². The van der Waals surface area contributed by atoms with Crippen LogP contribution in [0.4, 0.5) is 0 Å². The summed E-state index contributed by atoms with van der Waals surface area (Å²) in [6.45, 7) is 17.2. The number of hydrogen-bond donors (Lipinski definition) is 0. The Kier molecular flexibility index (Phi) is 9.58. The molecule has 0 spiro atoms. The third-order valence-electron chi connectivity index (χ3n) is 8.24. The largest absolute Gasteiger partial charge is 0.500 e. The van der Waals surface area contributed by atoms with Crippen LogP contribution in [0.15, 0.2) is 83.7 Å². The van der Waals surface area contributed by atoms with E-state index in [0.29, 0.717) is 0 Å². The minimum absolute atomic E-state index is 0. The van der Waals surface area contributed by atoms with Crippen molar-refractivity contribution in [3.05, 3.63) is 125 Å². The Hall–Kier alpha value is -4.18. The van der Waals surface area contributed by atoms with Gasteiger partial charge in [0, 0.05) is 60.5 Å². The molecule has 0 fully saturated rings. The minimum Gasteiger partial charge on any atom is -0.500 e. The molecular weight excluding hydrogens is 743 g/mol. The number of nitrogens with zero attached hydrogens (tertiary/aromatic N) is 3. The van der Waals surface area contributed by atoms with Crippen LogP contribution in [0.5, 0.6) is 0 Å². The first kappa shape index (κ1) is 33.2. The Morgan fingerprint density at radius 3 is 2.13 bits per heavy atom. The fourth-order valence-corrected chi connectivity index (χ4v) is 5.61. The van der Waals surface area contributed by atoms with Gasteiger partial charge in [-0.1, -0.05) is 74.0 Å². The van der Waals surface area contributed by atoms with Crippen LogP contribution in [0.3, 0.4) is 0 Å². The van der Waals surface area contributed by atoms with Crippen LogP contribution < -0.4 is 0 Å². The average molecular weight is 782 g/mol. The predicted molar refractivity (Wildman–Crippen MR) is 186 cm³/mol. The van der Waals surface area contributed by atoms with Crippen LogP contribution in [0, 0.1) is 52.2 Å². The van der Waals surface area contributed by atoms with E-state index in [1.54, 1.807) is 0 Å². The third-order valence-corrected chi connectivity index (χ3v) is 8.24. The summed E-state index contributed by atoms with van der Waals surface area (Å²) in [6, 6.07) is 27.5. The first-order valence-corrected chi connectivity index (χ1v) is 15.5. The zero-order valence-electron chi connectivity index (χ0n) is 27.8. The van der Waals surface area contributed by atoms with E-state index in [0.717, 1.165) is 67.3 Å². The second-order valence-electron chi connectivity index (χ2n) is 13.4. The SMILES string of the molecule is Cc1c[c-]c(-c2cc(C)c(C)cn2)cc1.Cc1cc2c(ccc3c4cc[c-]c(-c5cc(CC(C)(C)C)c(C)cn5)c4oc23)cn1.[Ir]. The van der Waals surface area contributed by atoms with E-state index in [2.05, 4.69) is 119 Å². The zero-order valence-corrected chi connectivity index (χ0v) is 30.2. The maximum absolute atomic E-state index is 6.48. The van der Waals surface area contributed by atoms with Gasteiger partial charge in [0.15, 0.2) is 0 Å². The summed E-state index contributed by atoms with van der Waals surface area (Å²) in [5, 5.41) is 4.38. The quantitative estimate of drug-likeness (QED) is 0.168. The Bertz CT molecular complexity index is 2170. The van der Waals surface area contributed by atoms with Gasteiger partial charge in [-0.2, -0.15) is 0 Å². The van der Waals surface area contributed by atoms with E-state index < -0.39 is 0 Å². The molecule has 0 atom stereocenters. The molecule has 7 aromatic rings. The van der Waals surface area contributed by atoms with Crippen molar-refractivity contribution < 1.29 is 24.5 Å². The van der Waals surface area contributed by atoms with Gasteiger partial charge >= 0.3 is 0 Å². The number of benzene rings is 3. The normalized spacial score (nSPS) is 11.4. The number of aryl methyl sites for hydroxylation is 5. The van der Waals surface area contributed by atoms with E-state index in [-0.39, 0.29) is 25.5 Å². The Labute approximate surface area is 285 Å². The summed E-state index contributed by atoms with van der Waals surface area (Å²) < 4.78 is 6.48. The molecule has 1 radical (unpaired) electrons. The predicted octanol–water partition coefficient (Wildman–Crippen LogP) is 10.7. The topological polar surface area (TPSA) is 51.8 Å². The van der Waals surface area contributed by atoms with Crippen LogP contribution in [-0.2, 0) is 26.5 Å². The van der Waals surface area contributed by atoms with Gasteiger partial charge in [0.05, 0.1) is 5.58 Å². The Morgan fingerprint density at radius 2 is 1.41 bits per heavy atom. The second kappa shape index (κ2) is 13.3. The molecule has 0 unspecified atom stereocenters. The van der Waals surface area contributed by atoms with Crippen molar-refractivity contribution in [2.75, 3.05) is 0 Å². The van der Waals surface area contributed by atoms with Gasteiger partial charge in [0.2, 0.25) is 0 Å². The van der Waals surface area contributed by atoms with E-state index in [9.17, 15) is 0 Å². The van der Waals surface area contributed by atoms with Crippen molar-refractivity contribution >= 4 is 32.7 Å². The number of rotatable bonds is 3. The van der Waals surface area contributed by atoms with E-state index >= 15 is 0 Å². The molecule has 46 heavy (non-hydrogen) atoms. The first-order chi connectivity index (χ1) is 21.5. The van der Waals surface area contributed by atoms with Crippen molar-refractivity contribution in [2.45, 2.75) is 61.8 Å². The van der Waals surface area contributed by atoms with E-state index in [4.69, 9.17) is 9.40 Å². The van der Waals surface area contributed by atoms with E-state index in [1.165, 1.54) is 27.8 Å². The van der Waals surface area contributed by atoms with Crippen molar-refractivity contribution in [1.82, 2.24) is 15.0 Å². The molecule has 0 N–H and O–H groups in total. The molecule has 4 nitrogen and oxygen atoms in total. The average Bonchev–Trinajstić information content (AvgIpc) is 3.39. The molecule has 0 saturated carbocycles. The van der Waals surface area contributed by atoms with Crippen molar-refractivity contribution in [3.8, 4) is 22.5 Å². The van der Waals surface area contributed by atoms with E-state index in [1.807, 2.05) is 37.6 Å². The zero-order chi connectivity index (χ0) is 31.9. The second-order valence-corrected chi connectivity index (χ2v) is 13.4. The molecule has 4 aromatic heterocycles.